The van der Waals surface area contributed by atoms with Gasteiger partial charge >= 0.3 is 35.5 Å². The number of nitrogens with zero attached hydrogens (tertiary/aromatic N) is 3. The van der Waals surface area contributed by atoms with Gasteiger partial charge in [0.25, 0.3) is 0 Å². The number of anilines is 1. The molecule has 2 aromatic heterocycles. The Morgan fingerprint density at radius 3 is 2.39 bits per heavy atom. The van der Waals surface area contributed by atoms with E-state index >= 15 is 0 Å². The van der Waals surface area contributed by atoms with Crippen LogP contribution in [0.1, 0.15) is 26.4 Å². The van der Waals surface area contributed by atoms with Crippen molar-refractivity contribution in [2.75, 3.05) is 4.90 Å². The number of hydrogen-bond donors (Lipinski definition) is 1. The van der Waals surface area contributed by atoms with Gasteiger partial charge in [-0.1, -0.05) is 48.5 Å². The van der Waals surface area contributed by atoms with Gasteiger partial charge in [0, 0.05) is 23.2 Å². The van der Waals surface area contributed by atoms with Gasteiger partial charge in [0.05, 0.1) is 12.1 Å². The van der Waals surface area contributed by atoms with E-state index in [1.807, 2.05) is 78.2 Å². The Labute approximate surface area is 247 Å². The molecule has 0 radical (unpaired) electrons. The van der Waals surface area contributed by atoms with Crippen molar-refractivity contribution in [3.63, 3.8) is 0 Å². The van der Waals surface area contributed by atoms with Crippen molar-refractivity contribution in [3.8, 4) is 17.1 Å². The van der Waals surface area contributed by atoms with E-state index in [2.05, 4.69) is 16.0 Å². The topological polar surface area (TPSA) is 75.5 Å². The summed E-state index contributed by atoms with van der Waals surface area (Å²) in [4.78, 5) is 24.2. The first-order valence-electron chi connectivity index (χ1n) is 11.8. The molecule has 0 bridgehead atoms. The van der Waals surface area contributed by atoms with Crippen molar-refractivity contribution in [1.82, 2.24) is 9.97 Å². The molecule has 0 spiro atoms. The number of rotatable bonds is 10. The van der Waals surface area contributed by atoms with E-state index in [1.54, 1.807) is 35.7 Å². The second-order valence-corrected chi connectivity index (χ2v) is 9.51. The summed E-state index contributed by atoms with van der Waals surface area (Å²) in [5.41, 5.74) is 3.17. The van der Waals surface area contributed by atoms with Crippen LogP contribution in [0.25, 0.3) is 11.4 Å². The molecule has 0 aliphatic heterocycles. The molecule has 2 heterocycles. The number of carboxylic acid groups (broad SMARTS) is 1. The molecule has 3 aromatic carbocycles. The van der Waals surface area contributed by atoms with E-state index < -0.39 is 5.97 Å². The summed E-state index contributed by atoms with van der Waals surface area (Å²) in [7, 11) is 0. The standard InChI is InChI=1S/C30H25N3O3S.Na.H/c34-30(35)25-9-4-8-23(18-25)19-33(20-27-10-5-17-37-27)28-15-16-31-29(32-28)24-11-13-26(14-12-24)36-21-22-6-2-1-3-7-22;;/h1-18H,19-21H2,(H,34,35);;. The number of benzene rings is 3. The van der Waals surface area contributed by atoms with Crippen molar-refractivity contribution in [2.24, 2.45) is 0 Å². The summed E-state index contributed by atoms with van der Waals surface area (Å²) in [6, 6.07) is 30.8. The van der Waals surface area contributed by atoms with Gasteiger partial charge in [-0.05, 0) is 65.0 Å². The van der Waals surface area contributed by atoms with Crippen LogP contribution < -0.4 is 9.64 Å². The summed E-state index contributed by atoms with van der Waals surface area (Å²) >= 11 is 1.68. The van der Waals surface area contributed by atoms with Gasteiger partial charge in [0.2, 0.25) is 0 Å². The van der Waals surface area contributed by atoms with E-state index in [-0.39, 0.29) is 35.1 Å². The summed E-state index contributed by atoms with van der Waals surface area (Å²) in [6.07, 6.45) is 1.76. The van der Waals surface area contributed by atoms with Gasteiger partial charge in [-0.15, -0.1) is 11.3 Å². The number of aromatic nitrogens is 2. The Bertz CT molecular complexity index is 1460. The number of thiophene rings is 1. The van der Waals surface area contributed by atoms with E-state index in [0.29, 0.717) is 25.5 Å². The van der Waals surface area contributed by atoms with Crippen LogP contribution in [0.15, 0.2) is 109 Å². The third-order valence-electron chi connectivity index (χ3n) is 5.80. The first kappa shape index (κ1) is 27.5. The van der Waals surface area contributed by atoms with Crippen LogP contribution >= 0.6 is 11.3 Å². The molecule has 0 unspecified atom stereocenters. The second kappa shape index (κ2) is 13.3. The molecule has 0 fully saturated rings. The SMILES string of the molecule is O=C(O)c1cccc(CN(Cc2cccs2)c2ccnc(-c3ccc(OCc4ccccc4)cc3)n2)c1.[NaH]. The van der Waals surface area contributed by atoms with Gasteiger partial charge in [-0.25, -0.2) is 14.8 Å². The first-order valence-corrected chi connectivity index (χ1v) is 12.7. The molecule has 186 valence electrons. The van der Waals surface area contributed by atoms with Crippen LogP contribution in [0.4, 0.5) is 5.82 Å². The van der Waals surface area contributed by atoms with Crippen molar-refractivity contribution in [1.29, 1.82) is 0 Å². The van der Waals surface area contributed by atoms with Gasteiger partial charge in [-0.2, -0.15) is 0 Å². The quantitative estimate of drug-likeness (QED) is 0.222. The van der Waals surface area contributed by atoms with Gasteiger partial charge < -0.3 is 14.7 Å². The molecule has 1 N–H and O–H groups in total. The van der Waals surface area contributed by atoms with Crippen molar-refractivity contribution >= 4 is 52.7 Å². The van der Waals surface area contributed by atoms with Crippen LogP contribution in [0.2, 0.25) is 0 Å². The summed E-state index contributed by atoms with van der Waals surface area (Å²) in [5, 5.41) is 11.4. The van der Waals surface area contributed by atoms with Crippen molar-refractivity contribution < 1.29 is 14.6 Å². The molecular formula is C30H26N3NaO3S. The molecule has 8 heteroatoms. The normalized spacial score (nSPS) is 10.4. The van der Waals surface area contributed by atoms with E-state index in [0.717, 1.165) is 28.3 Å². The Morgan fingerprint density at radius 2 is 1.66 bits per heavy atom. The molecule has 6 nitrogen and oxygen atoms in total. The van der Waals surface area contributed by atoms with Crippen LogP contribution in [0.3, 0.4) is 0 Å². The Hall–Kier alpha value is -3.49. The average Bonchev–Trinajstić information content (AvgIpc) is 3.46. The maximum absolute atomic E-state index is 11.5. The fraction of sp³-hybridized carbons (Fsp3) is 0.100. The Balaban J connectivity index is 0.00000336. The first-order chi connectivity index (χ1) is 18.1. The fourth-order valence-electron chi connectivity index (χ4n) is 3.94. The zero-order valence-corrected chi connectivity index (χ0v) is 20.8. The third-order valence-corrected chi connectivity index (χ3v) is 6.66. The monoisotopic (exact) mass is 531 g/mol. The van der Waals surface area contributed by atoms with E-state index in [9.17, 15) is 9.90 Å². The minimum atomic E-state index is -0.938. The summed E-state index contributed by atoms with van der Waals surface area (Å²) < 4.78 is 5.91. The molecule has 5 rings (SSSR count). The molecule has 0 aliphatic carbocycles. The summed E-state index contributed by atoms with van der Waals surface area (Å²) in [5.74, 6) is 1.22. The molecule has 0 atom stereocenters. The zero-order chi connectivity index (χ0) is 25.5. The van der Waals surface area contributed by atoms with Crippen LogP contribution in [-0.2, 0) is 19.7 Å². The van der Waals surface area contributed by atoms with E-state index in [4.69, 9.17) is 9.72 Å². The van der Waals surface area contributed by atoms with Crippen molar-refractivity contribution in [2.45, 2.75) is 19.7 Å². The molecule has 0 saturated heterocycles. The van der Waals surface area contributed by atoms with Crippen LogP contribution in [-0.4, -0.2) is 50.6 Å². The van der Waals surface area contributed by atoms with Gasteiger partial charge in [0.15, 0.2) is 5.82 Å². The zero-order valence-electron chi connectivity index (χ0n) is 20.0. The number of carboxylic acids is 1. The second-order valence-electron chi connectivity index (χ2n) is 8.48. The molecule has 0 amide bonds. The van der Waals surface area contributed by atoms with Crippen LogP contribution in [0, 0.1) is 0 Å². The molecule has 0 aliphatic rings. The van der Waals surface area contributed by atoms with Crippen LogP contribution in [0.5, 0.6) is 5.75 Å². The molecule has 5 aromatic rings. The molecule has 0 saturated carbocycles. The van der Waals surface area contributed by atoms with E-state index in [1.165, 1.54) is 4.88 Å². The third kappa shape index (κ3) is 7.30. The predicted octanol–water partition coefficient (Wildman–Crippen LogP) is 6.04. The number of aromatic carboxylic acids is 1. The number of ether oxygens (including phenoxy) is 1. The Morgan fingerprint density at radius 1 is 0.868 bits per heavy atom. The summed E-state index contributed by atoms with van der Waals surface area (Å²) in [6.45, 7) is 1.67. The van der Waals surface area contributed by atoms with Gasteiger partial charge in [-0.3, -0.25) is 0 Å². The van der Waals surface area contributed by atoms with Crippen molar-refractivity contribution in [3.05, 3.63) is 130 Å². The fourth-order valence-corrected chi connectivity index (χ4v) is 4.66. The maximum atomic E-state index is 11.5. The average molecular weight is 532 g/mol. The Kier molecular flexibility index (Phi) is 9.67. The number of carbonyl (C=O) groups is 1. The predicted molar refractivity (Wildman–Crippen MR) is 153 cm³/mol. The molecule has 38 heavy (non-hydrogen) atoms. The number of hydrogen-bond acceptors (Lipinski definition) is 6. The minimum absolute atomic E-state index is 0. The molecular weight excluding hydrogens is 505 g/mol. The van der Waals surface area contributed by atoms with Gasteiger partial charge in [0.1, 0.15) is 18.2 Å².